The summed E-state index contributed by atoms with van der Waals surface area (Å²) in [5.74, 6) is -0.250. The lowest BCUT2D eigenvalue weighted by atomic mass is 10.2. The van der Waals surface area contributed by atoms with E-state index in [0.717, 1.165) is 11.0 Å². The van der Waals surface area contributed by atoms with Crippen molar-refractivity contribution in [1.82, 2.24) is 4.90 Å². The average molecular weight is 334 g/mol. The minimum atomic E-state index is -4.47. The third-order valence-electron chi connectivity index (χ3n) is 2.45. The summed E-state index contributed by atoms with van der Waals surface area (Å²) in [6, 6.07) is 3.71. The van der Waals surface area contributed by atoms with Crippen molar-refractivity contribution in [2.75, 3.05) is 19.7 Å². The number of aliphatic hydroxyl groups excluding tert-OH is 1. The first-order chi connectivity index (χ1) is 9.71. The van der Waals surface area contributed by atoms with Crippen LogP contribution in [-0.4, -0.2) is 42.5 Å². The summed E-state index contributed by atoms with van der Waals surface area (Å²) in [7, 11) is 0. The van der Waals surface area contributed by atoms with Crippen molar-refractivity contribution in [3.05, 3.63) is 28.8 Å². The minimum absolute atomic E-state index is 0.0838. The monoisotopic (exact) mass is 333 g/mol. The lowest BCUT2D eigenvalue weighted by Crippen LogP contribution is -2.35. The highest BCUT2D eigenvalue weighted by Gasteiger charge is 2.31. The molecule has 0 saturated carbocycles. The van der Waals surface area contributed by atoms with Gasteiger partial charge in [-0.15, -0.1) is 0 Å². The number of nitrogens with zero attached hydrogens (tertiary/aromatic N) is 1. The fourth-order valence-corrected chi connectivity index (χ4v) is 1.93. The van der Waals surface area contributed by atoms with E-state index in [2.05, 4.69) is 4.74 Å². The maximum absolute atomic E-state index is 12.4. The standard InChI is InChI=1S/C12H13ClF5NO2/c13-9-1-2-10(21-11(14)15)8(5-9)6-19(3-4-20)7-12(16,17)18/h1-2,5,11,20H,3-4,6-7H2. The lowest BCUT2D eigenvalue weighted by molar-refractivity contribution is -0.148. The fraction of sp³-hybridized carbons (Fsp3) is 0.500. The molecule has 21 heavy (non-hydrogen) atoms. The fourth-order valence-electron chi connectivity index (χ4n) is 1.73. The summed E-state index contributed by atoms with van der Waals surface area (Å²) in [4.78, 5) is 0.865. The molecule has 1 N–H and O–H groups in total. The Labute approximate surface area is 122 Å². The number of ether oxygens (including phenoxy) is 1. The smallest absolute Gasteiger partial charge is 0.401 e. The number of rotatable bonds is 7. The van der Waals surface area contributed by atoms with Crippen molar-refractivity contribution in [2.24, 2.45) is 0 Å². The van der Waals surface area contributed by atoms with E-state index in [-0.39, 0.29) is 29.4 Å². The van der Waals surface area contributed by atoms with Crippen LogP contribution in [0.2, 0.25) is 5.02 Å². The normalized spacial score (nSPS) is 12.2. The summed E-state index contributed by atoms with van der Waals surface area (Å²) in [6.45, 7) is -5.47. The molecular formula is C12H13ClF5NO2. The van der Waals surface area contributed by atoms with Crippen LogP contribution in [0.15, 0.2) is 18.2 Å². The second kappa shape index (κ2) is 7.77. The molecule has 0 spiro atoms. The Kier molecular flexibility index (Phi) is 6.63. The molecule has 0 aliphatic rings. The molecule has 0 atom stereocenters. The molecule has 0 bridgehead atoms. The lowest BCUT2D eigenvalue weighted by Gasteiger charge is -2.24. The Balaban J connectivity index is 2.93. The second-order valence-corrected chi connectivity index (χ2v) is 4.62. The van der Waals surface area contributed by atoms with E-state index in [1.807, 2.05) is 0 Å². The Morgan fingerprint density at radius 1 is 1.29 bits per heavy atom. The van der Waals surface area contributed by atoms with Crippen LogP contribution in [0.4, 0.5) is 22.0 Å². The summed E-state index contributed by atoms with van der Waals surface area (Å²) in [5, 5.41) is 8.98. The first-order valence-electron chi connectivity index (χ1n) is 5.84. The summed E-state index contributed by atoms with van der Waals surface area (Å²) < 4.78 is 66.0. The number of alkyl halides is 5. The van der Waals surface area contributed by atoms with Gasteiger partial charge in [-0.1, -0.05) is 11.6 Å². The average Bonchev–Trinajstić information content (AvgIpc) is 2.30. The summed E-state index contributed by atoms with van der Waals surface area (Å²) in [5.41, 5.74) is 0.0838. The van der Waals surface area contributed by atoms with E-state index in [0.29, 0.717) is 0 Å². The van der Waals surface area contributed by atoms with Crippen LogP contribution >= 0.6 is 11.6 Å². The maximum Gasteiger partial charge on any atom is 0.401 e. The highest BCUT2D eigenvalue weighted by molar-refractivity contribution is 6.30. The zero-order valence-electron chi connectivity index (χ0n) is 10.7. The molecule has 0 saturated heterocycles. The van der Waals surface area contributed by atoms with Crippen molar-refractivity contribution < 1.29 is 31.8 Å². The van der Waals surface area contributed by atoms with Gasteiger partial charge in [0.25, 0.3) is 0 Å². The second-order valence-electron chi connectivity index (χ2n) is 4.18. The van der Waals surface area contributed by atoms with Crippen LogP contribution in [0.1, 0.15) is 5.56 Å². The molecule has 0 unspecified atom stereocenters. The highest BCUT2D eigenvalue weighted by atomic mass is 35.5. The van der Waals surface area contributed by atoms with Crippen molar-refractivity contribution in [3.8, 4) is 5.75 Å². The molecule has 3 nitrogen and oxygen atoms in total. The van der Waals surface area contributed by atoms with E-state index in [9.17, 15) is 22.0 Å². The highest BCUT2D eigenvalue weighted by Crippen LogP contribution is 2.27. The Morgan fingerprint density at radius 2 is 1.95 bits per heavy atom. The van der Waals surface area contributed by atoms with Crippen molar-refractivity contribution in [3.63, 3.8) is 0 Å². The van der Waals surface area contributed by atoms with Crippen LogP contribution in [0.5, 0.6) is 5.75 Å². The van der Waals surface area contributed by atoms with Gasteiger partial charge in [0.1, 0.15) is 5.75 Å². The van der Waals surface area contributed by atoms with Gasteiger partial charge >= 0.3 is 12.8 Å². The van der Waals surface area contributed by atoms with E-state index in [4.69, 9.17) is 16.7 Å². The van der Waals surface area contributed by atoms with Gasteiger partial charge in [0.05, 0.1) is 13.2 Å². The molecule has 0 aliphatic heterocycles. The molecule has 0 radical (unpaired) electrons. The number of benzene rings is 1. The van der Waals surface area contributed by atoms with Crippen molar-refractivity contribution >= 4 is 11.6 Å². The van der Waals surface area contributed by atoms with Crippen LogP contribution in [-0.2, 0) is 6.54 Å². The molecule has 0 aromatic heterocycles. The van der Waals surface area contributed by atoms with Gasteiger partial charge in [0, 0.05) is 23.7 Å². The Bertz CT molecular complexity index is 456. The van der Waals surface area contributed by atoms with Crippen molar-refractivity contribution in [1.29, 1.82) is 0 Å². The molecule has 1 aromatic rings. The van der Waals surface area contributed by atoms with Crippen LogP contribution in [0, 0.1) is 0 Å². The molecule has 1 aromatic carbocycles. The topological polar surface area (TPSA) is 32.7 Å². The molecule has 0 heterocycles. The van der Waals surface area contributed by atoms with Crippen LogP contribution < -0.4 is 4.74 Å². The van der Waals surface area contributed by atoms with E-state index in [1.165, 1.54) is 12.1 Å². The zero-order valence-corrected chi connectivity index (χ0v) is 11.5. The minimum Gasteiger partial charge on any atom is -0.434 e. The molecule has 1 rings (SSSR count). The van der Waals surface area contributed by atoms with Gasteiger partial charge in [0.15, 0.2) is 0 Å². The van der Waals surface area contributed by atoms with E-state index >= 15 is 0 Å². The molecule has 0 fully saturated rings. The van der Waals surface area contributed by atoms with Gasteiger partial charge in [0.2, 0.25) is 0 Å². The predicted octanol–water partition coefficient (Wildman–Crippen LogP) is 3.30. The molecule has 0 aliphatic carbocycles. The predicted molar refractivity (Wildman–Crippen MR) is 66.5 cm³/mol. The summed E-state index contributed by atoms with van der Waals surface area (Å²) in [6.07, 6.45) is -4.47. The van der Waals surface area contributed by atoms with E-state index < -0.39 is 25.9 Å². The molecule has 120 valence electrons. The van der Waals surface area contributed by atoms with E-state index in [1.54, 1.807) is 0 Å². The van der Waals surface area contributed by atoms with Gasteiger partial charge in [-0.25, -0.2) is 0 Å². The van der Waals surface area contributed by atoms with Gasteiger partial charge in [-0.05, 0) is 18.2 Å². The Hall–Kier alpha value is -1.12. The van der Waals surface area contributed by atoms with Crippen molar-refractivity contribution in [2.45, 2.75) is 19.3 Å². The number of hydrogen-bond donors (Lipinski definition) is 1. The van der Waals surface area contributed by atoms with Crippen LogP contribution in [0.3, 0.4) is 0 Å². The zero-order chi connectivity index (χ0) is 16.0. The molecule has 0 amide bonds. The Morgan fingerprint density at radius 3 is 2.48 bits per heavy atom. The van der Waals surface area contributed by atoms with Gasteiger partial charge in [-0.3, -0.25) is 4.90 Å². The largest absolute Gasteiger partial charge is 0.434 e. The third-order valence-corrected chi connectivity index (χ3v) is 2.69. The van der Waals surface area contributed by atoms with Crippen LogP contribution in [0.25, 0.3) is 0 Å². The number of hydrogen-bond acceptors (Lipinski definition) is 3. The number of aliphatic hydroxyl groups is 1. The summed E-state index contributed by atoms with van der Waals surface area (Å²) >= 11 is 5.71. The van der Waals surface area contributed by atoms with Gasteiger partial charge in [-0.2, -0.15) is 22.0 Å². The maximum atomic E-state index is 12.4. The number of halogens is 6. The molecular weight excluding hydrogens is 321 g/mol. The third kappa shape index (κ3) is 6.92. The SMILES string of the molecule is OCCN(Cc1cc(Cl)ccc1OC(F)F)CC(F)(F)F. The first-order valence-corrected chi connectivity index (χ1v) is 6.22. The molecule has 9 heteroatoms. The first kappa shape index (κ1) is 17.9. The van der Waals surface area contributed by atoms with Gasteiger partial charge < -0.3 is 9.84 Å². The quantitative estimate of drug-likeness (QED) is 0.777.